The van der Waals surface area contributed by atoms with Gasteiger partial charge in [-0.25, -0.2) is 0 Å². The van der Waals surface area contributed by atoms with Crippen LogP contribution in [0.5, 0.6) is 0 Å². The van der Waals surface area contributed by atoms with E-state index in [1.807, 2.05) is 0 Å². The Morgan fingerprint density at radius 2 is 2.33 bits per heavy atom. The lowest BCUT2D eigenvalue weighted by Gasteiger charge is -2.22. The van der Waals surface area contributed by atoms with E-state index >= 15 is 0 Å². The Balaban J connectivity index is 1.97. The van der Waals surface area contributed by atoms with Crippen molar-refractivity contribution in [2.45, 2.75) is 25.7 Å². The molecule has 70 valence electrons. The van der Waals surface area contributed by atoms with E-state index in [1.165, 1.54) is 38.8 Å². The zero-order valence-electron chi connectivity index (χ0n) is 8.05. The first-order valence-corrected chi connectivity index (χ1v) is 5.13. The molecule has 2 heteroatoms. The van der Waals surface area contributed by atoms with Crippen molar-refractivity contribution in [1.29, 1.82) is 0 Å². The molecule has 0 aromatic carbocycles. The molecule has 0 bridgehead atoms. The lowest BCUT2D eigenvalue weighted by molar-refractivity contribution is 0.279. The molecule has 2 aliphatic rings. The van der Waals surface area contributed by atoms with Crippen molar-refractivity contribution in [3.63, 3.8) is 0 Å². The zero-order valence-corrected chi connectivity index (χ0v) is 8.05. The number of nitrogens with zero attached hydrogens (tertiary/aromatic N) is 1. The van der Waals surface area contributed by atoms with Gasteiger partial charge < -0.3 is 10.6 Å². The van der Waals surface area contributed by atoms with Crippen LogP contribution in [-0.4, -0.2) is 31.6 Å². The van der Waals surface area contributed by atoms with Crippen LogP contribution in [0.2, 0.25) is 0 Å². The first-order valence-electron chi connectivity index (χ1n) is 5.13. The van der Waals surface area contributed by atoms with E-state index in [0.29, 0.717) is 5.41 Å². The highest BCUT2D eigenvalue weighted by Gasteiger charge is 2.42. The maximum absolute atomic E-state index is 5.71. The minimum absolute atomic E-state index is 0.679. The molecule has 0 aromatic rings. The van der Waals surface area contributed by atoms with Crippen molar-refractivity contribution in [2.24, 2.45) is 17.1 Å². The average Bonchev–Trinajstić information content (AvgIpc) is 2.61. The van der Waals surface area contributed by atoms with E-state index in [-0.39, 0.29) is 0 Å². The van der Waals surface area contributed by atoms with Crippen LogP contribution in [0.15, 0.2) is 0 Å². The molecule has 0 unspecified atom stereocenters. The third-order valence-electron chi connectivity index (χ3n) is 3.77. The summed E-state index contributed by atoms with van der Waals surface area (Å²) in [5.74, 6) is 0.830. The van der Waals surface area contributed by atoms with Crippen molar-refractivity contribution in [3.05, 3.63) is 0 Å². The van der Waals surface area contributed by atoms with Crippen LogP contribution in [0.1, 0.15) is 25.7 Å². The molecule has 1 aliphatic carbocycles. The molecule has 2 rings (SSSR count). The summed E-state index contributed by atoms with van der Waals surface area (Å²) in [5, 5.41) is 0. The van der Waals surface area contributed by atoms with Crippen molar-refractivity contribution < 1.29 is 0 Å². The summed E-state index contributed by atoms with van der Waals surface area (Å²) in [6, 6.07) is 0. The molecule has 0 aromatic heterocycles. The molecule has 2 N–H and O–H groups in total. The largest absolute Gasteiger partial charge is 0.330 e. The fourth-order valence-corrected chi connectivity index (χ4v) is 3.06. The second-order valence-electron chi connectivity index (χ2n) is 4.83. The summed E-state index contributed by atoms with van der Waals surface area (Å²) in [4.78, 5) is 2.47. The summed E-state index contributed by atoms with van der Waals surface area (Å²) in [6.45, 7) is 3.53. The van der Waals surface area contributed by atoms with Crippen molar-refractivity contribution in [1.82, 2.24) is 4.90 Å². The second kappa shape index (κ2) is 3.00. The predicted molar refractivity (Wildman–Crippen MR) is 50.9 cm³/mol. The van der Waals surface area contributed by atoms with Gasteiger partial charge in [-0.2, -0.15) is 0 Å². The van der Waals surface area contributed by atoms with Crippen LogP contribution >= 0.6 is 0 Å². The molecule has 0 radical (unpaired) electrons. The molecule has 2 atom stereocenters. The van der Waals surface area contributed by atoms with Gasteiger partial charge in [0.15, 0.2) is 0 Å². The van der Waals surface area contributed by atoms with E-state index in [4.69, 9.17) is 5.73 Å². The topological polar surface area (TPSA) is 29.3 Å². The van der Waals surface area contributed by atoms with Crippen LogP contribution in [0, 0.1) is 11.3 Å². The molecular formula is C10H20N2. The third kappa shape index (κ3) is 1.38. The van der Waals surface area contributed by atoms with Gasteiger partial charge in [-0.15, -0.1) is 0 Å². The molecular weight excluding hydrogens is 148 g/mol. The maximum atomic E-state index is 5.71. The van der Waals surface area contributed by atoms with Crippen LogP contribution in [-0.2, 0) is 0 Å². The van der Waals surface area contributed by atoms with Gasteiger partial charge in [0.1, 0.15) is 0 Å². The lowest BCUT2D eigenvalue weighted by atomic mass is 9.84. The lowest BCUT2D eigenvalue weighted by Crippen LogP contribution is -2.23. The Morgan fingerprint density at radius 1 is 1.50 bits per heavy atom. The summed E-state index contributed by atoms with van der Waals surface area (Å²) < 4.78 is 0. The predicted octanol–water partition coefficient (Wildman–Crippen LogP) is 1.07. The summed E-state index contributed by atoms with van der Waals surface area (Å²) >= 11 is 0. The van der Waals surface area contributed by atoms with Crippen LogP contribution in [0.4, 0.5) is 0 Å². The Labute approximate surface area is 75.1 Å². The number of nitrogens with two attached hydrogens (primary N) is 1. The third-order valence-corrected chi connectivity index (χ3v) is 3.77. The minimum Gasteiger partial charge on any atom is -0.330 e. The molecule has 2 fully saturated rings. The monoisotopic (exact) mass is 168 g/mol. The number of likely N-dealkylation sites (tertiary alicyclic amines) is 1. The Kier molecular flexibility index (Phi) is 2.13. The highest BCUT2D eigenvalue weighted by Crippen LogP contribution is 2.47. The molecule has 1 aliphatic heterocycles. The highest BCUT2D eigenvalue weighted by atomic mass is 15.1. The molecule has 1 saturated heterocycles. The van der Waals surface area contributed by atoms with Gasteiger partial charge in [0, 0.05) is 6.54 Å². The smallest absolute Gasteiger partial charge is 0.00355 e. The van der Waals surface area contributed by atoms with E-state index in [0.717, 1.165) is 12.5 Å². The second-order valence-corrected chi connectivity index (χ2v) is 4.83. The molecule has 1 heterocycles. The Hall–Kier alpha value is -0.0800. The number of rotatable bonds is 1. The van der Waals surface area contributed by atoms with Gasteiger partial charge in [-0.05, 0) is 57.2 Å². The van der Waals surface area contributed by atoms with Crippen LogP contribution < -0.4 is 5.73 Å². The highest BCUT2D eigenvalue weighted by molar-refractivity contribution is 4.95. The zero-order chi connectivity index (χ0) is 8.60. The van der Waals surface area contributed by atoms with E-state index in [2.05, 4.69) is 11.9 Å². The summed E-state index contributed by atoms with van der Waals surface area (Å²) in [7, 11) is 2.24. The van der Waals surface area contributed by atoms with Crippen molar-refractivity contribution in [3.8, 4) is 0 Å². The summed E-state index contributed by atoms with van der Waals surface area (Å²) in [5.41, 5.74) is 6.39. The first-order chi connectivity index (χ1) is 5.74. The van der Waals surface area contributed by atoms with Crippen molar-refractivity contribution >= 4 is 0 Å². The number of hydrogen-bond acceptors (Lipinski definition) is 2. The molecule has 1 spiro atoms. The average molecular weight is 168 g/mol. The molecule has 12 heavy (non-hydrogen) atoms. The van der Waals surface area contributed by atoms with Gasteiger partial charge >= 0.3 is 0 Å². The van der Waals surface area contributed by atoms with Gasteiger partial charge in [0.2, 0.25) is 0 Å². The SMILES string of the molecule is CN1CC[C@@]2(CC[C@H](CN)C2)C1. The quantitative estimate of drug-likeness (QED) is 0.634. The fraction of sp³-hybridized carbons (Fsp3) is 1.00. The van der Waals surface area contributed by atoms with Crippen molar-refractivity contribution in [2.75, 3.05) is 26.7 Å². The standard InChI is InChI=1S/C10H20N2/c1-12-5-4-10(8-12)3-2-9(6-10)7-11/h9H,2-8,11H2,1H3/t9-,10+/m0/s1. The van der Waals surface area contributed by atoms with E-state index < -0.39 is 0 Å². The summed E-state index contributed by atoms with van der Waals surface area (Å²) in [6.07, 6.45) is 5.62. The first kappa shape index (κ1) is 8.52. The van der Waals surface area contributed by atoms with Crippen LogP contribution in [0.3, 0.4) is 0 Å². The molecule has 0 amide bonds. The number of hydrogen-bond donors (Lipinski definition) is 1. The van der Waals surface area contributed by atoms with Gasteiger partial charge in [0.25, 0.3) is 0 Å². The Bertz CT molecular complexity index is 169. The van der Waals surface area contributed by atoms with Crippen LogP contribution in [0.25, 0.3) is 0 Å². The molecule has 2 nitrogen and oxygen atoms in total. The molecule has 1 saturated carbocycles. The van der Waals surface area contributed by atoms with Gasteiger partial charge in [0.05, 0.1) is 0 Å². The maximum Gasteiger partial charge on any atom is 0.00355 e. The van der Waals surface area contributed by atoms with E-state index in [9.17, 15) is 0 Å². The normalized spacial score (nSPS) is 43.0. The van der Waals surface area contributed by atoms with E-state index in [1.54, 1.807) is 0 Å². The fourth-order valence-electron chi connectivity index (χ4n) is 3.06. The van der Waals surface area contributed by atoms with Gasteiger partial charge in [-0.3, -0.25) is 0 Å². The van der Waals surface area contributed by atoms with Gasteiger partial charge in [-0.1, -0.05) is 0 Å². The Morgan fingerprint density at radius 3 is 2.83 bits per heavy atom. The minimum atomic E-state index is 0.679.